The molecule has 1 aromatic carbocycles. The Hall–Kier alpha value is -1.02. The molecule has 1 aromatic rings. The van der Waals surface area contributed by atoms with Crippen LogP contribution in [0.2, 0.25) is 0 Å². The van der Waals surface area contributed by atoms with Crippen molar-refractivity contribution in [2.24, 2.45) is 0 Å². The second-order valence-corrected chi connectivity index (χ2v) is 4.72. The number of aryl methyl sites for hydroxylation is 1. The lowest BCUT2D eigenvalue weighted by atomic mass is 10.0. The number of fused-ring (bicyclic) bond motifs is 1. The molecule has 0 amide bonds. The van der Waals surface area contributed by atoms with Crippen LogP contribution in [0.4, 0.5) is 0 Å². The quantitative estimate of drug-likeness (QED) is 0.768. The van der Waals surface area contributed by atoms with Crippen molar-refractivity contribution in [3.05, 3.63) is 29.3 Å². The summed E-state index contributed by atoms with van der Waals surface area (Å²) in [7, 11) is 0. The highest BCUT2D eigenvalue weighted by Crippen LogP contribution is 2.29. The number of ether oxygens (including phenoxy) is 1. The molecule has 16 heavy (non-hydrogen) atoms. The first-order valence-corrected chi connectivity index (χ1v) is 6.24. The first-order chi connectivity index (χ1) is 7.77. The van der Waals surface area contributed by atoms with Gasteiger partial charge in [0.2, 0.25) is 0 Å². The third-order valence-corrected chi connectivity index (χ3v) is 2.97. The summed E-state index contributed by atoms with van der Waals surface area (Å²) in [4.78, 5) is 0. The van der Waals surface area contributed by atoms with Crippen molar-refractivity contribution in [2.75, 3.05) is 13.2 Å². The van der Waals surface area contributed by atoms with Crippen LogP contribution < -0.4 is 10.1 Å². The zero-order chi connectivity index (χ0) is 11.4. The van der Waals surface area contributed by atoms with Crippen LogP contribution in [-0.4, -0.2) is 19.2 Å². The maximum absolute atomic E-state index is 5.69. The minimum atomic E-state index is 0.581. The van der Waals surface area contributed by atoms with Gasteiger partial charge in [0.25, 0.3) is 0 Å². The predicted octanol–water partition coefficient (Wildman–Crippen LogP) is 2.55. The van der Waals surface area contributed by atoms with E-state index in [1.54, 1.807) is 0 Å². The van der Waals surface area contributed by atoms with Crippen LogP contribution in [0.25, 0.3) is 0 Å². The maximum atomic E-state index is 5.69. The van der Waals surface area contributed by atoms with Gasteiger partial charge < -0.3 is 10.1 Å². The second-order valence-electron chi connectivity index (χ2n) is 4.72. The number of benzene rings is 1. The van der Waals surface area contributed by atoms with Gasteiger partial charge >= 0.3 is 0 Å². The Bertz CT molecular complexity index is 347. The molecule has 2 heteroatoms. The van der Waals surface area contributed by atoms with Crippen molar-refractivity contribution < 1.29 is 4.74 Å². The fourth-order valence-electron chi connectivity index (χ4n) is 2.15. The van der Waals surface area contributed by atoms with Crippen molar-refractivity contribution in [1.82, 2.24) is 5.32 Å². The first kappa shape index (κ1) is 11.5. The Morgan fingerprint density at radius 1 is 1.38 bits per heavy atom. The summed E-state index contributed by atoms with van der Waals surface area (Å²) in [5.41, 5.74) is 2.76. The van der Waals surface area contributed by atoms with Gasteiger partial charge in [-0.2, -0.15) is 0 Å². The molecule has 0 atom stereocenters. The van der Waals surface area contributed by atoms with Gasteiger partial charge in [0, 0.05) is 12.5 Å². The van der Waals surface area contributed by atoms with Crippen molar-refractivity contribution in [2.45, 2.75) is 39.2 Å². The Morgan fingerprint density at radius 3 is 3.06 bits per heavy atom. The van der Waals surface area contributed by atoms with E-state index in [1.807, 2.05) is 0 Å². The molecule has 0 aromatic heterocycles. The first-order valence-electron chi connectivity index (χ1n) is 6.24. The van der Waals surface area contributed by atoms with Crippen molar-refractivity contribution >= 4 is 0 Å². The lowest BCUT2D eigenvalue weighted by Crippen LogP contribution is -2.23. The van der Waals surface area contributed by atoms with Crippen LogP contribution in [-0.2, 0) is 12.8 Å². The Morgan fingerprint density at radius 2 is 2.25 bits per heavy atom. The van der Waals surface area contributed by atoms with Crippen LogP contribution in [0.15, 0.2) is 18.2 Å². The van der Waals surface area contributed by atoms with E-state index in [9.17, 15) is 0 Å². The molecule has 0 radical (unpaired) electrons. The summed E-state index contributed by atoms with van der Waals surface area (Å²) in [6.07, 6.45) is 3.37. The van der Waals surface area contributed by atoms with Gasteiger partial charge in [-0.15, -0.1) is 0 Å². The van der Waals surface area contributed by atoms with Gasteiger partial charge in [-0.05, 0) is 30.5 Å². The van der Waals surface area contributed by atoms with Crippen molar-refractivity contribution in [3.63, 3.8) is 0 Å². The molecule has 1 aliphatic heterocycles. The van der Waals surface area contributed by atoms with Crippen molar-refractivity contribution in [3.8, 4) is 5.75 Å². The van der Waals surface area contributed by atoms with Gasteiger partial charge in [0.05, 0.1) is 6.61 Å². The maximum Gasteiger partial charge on any atom is 0.125 e. The molecule has 1 heterocycles. The predicted molar refractivity (Wildman–Crippen MR) is 67.1 cm³/mol. The molecule has 2 rings (SSSR count). The van der Waals surface area contributed by atoms with E-state index in [-0.39, 0.29) is 0 Å². The zero-order valence-corrected chi connectivity index (χ0v) is 10.3. The van der Waals surface area contributed by atoms with Gasteiger partial charge in [-0.1, -0.05) is 32.0 Å². The highest BCUT2D eigenvalue weighted by molar-refractivity contribution is 5.43. The average Bonchev–Trinajstić information content (AvgIpc) is 2.72. The zero-order valence-electron chi connectivity index (χ0n) is 10.3. The molecule has 0 saturated carbocycles. The average molecular weight is 219 g/mol. The molecule has 1 aliphatic rings. The number of para-hydroxylation sites is 1. The van der Waals surface area contributed by atoms with E-state index in [1.165, 1.54) is 17.5 Å². The third-order valence-electron chi connectivity index (χ3n) is 2.97. The van der Waals surface area contributed by atoms with E-state index >= 15 is 0 Å². The summed E-state index contributed by atoms with van der Waals surface area (Å²) < 4.78 is 5.69. The summed E-state index contributed by atoms with van der Waals surface area (Å²) >= 11 is 0. The molecular weight excluding hydrogens is 198 g/mol. The number of rotatable bonds is 5. The van der Waals surface area contributed by atoms with Crippen LogP contribution in [0.3, 0.4) is 0 Å². The molecule has 0 fully saturated rings. The van der Waals surface area contributed by atoms with Gasteiger partial charge in [-0.3, -0.25) is 0 Å². The molecule has 0 aliphatic carbocycles. The van der Waals surface area contributed by atoms with Crippen LogP contribution in [0.1, 0.15) is 31.4 Å². The summed E-state index contributed by atoms with van der Waals surface area (Å²) in [5, 5.41) is 3.44. The molecule has 0 saturated heterocycles. The highest BCUT2D eigenvalue weighted by atomic mass is 16.5. The standard InChI is InChI=1S/C14H21NO/c1-11(2)15-9-4-7-12-5-3-6-13-8-10-16-14(12)13/h3,5-6,11,15H,4,7-10H2,1-2H3. The topological polar surface area (TPSA) is 21.3 Å². The minimum absolute atomic E-state index is 0.581. The molecule has 0 bridgehead atoms. The Kier molecular flexibility index (Phi) is 3.83. The van der Waals surface area contributed by atoms with E-state index in [4.69, 9.17) is 4.74 Å². The largest absolute Gasteiger partial charge is 0.493 e. The summed E-state index contributed by atoms with van der Waals surface area (Å²) in [6, 6.07) is 7.11. The minimum Gasteiger partial charge on any atom is -0.493 e. The molecule has 2 nitrogen and oxygen atoms in total. The SMILES string of the molecule is CC(C)NCCCc1cccc2c1OCC2. The smallest absolute Gasteiger partial charge is 0.125 e. The molecule has 88 valence electrons. The lowest BCUT2D eigenvalue weighted by molar-refractivity contribution is 0.353. The Labute approximate surface area is 98.0 Å². The van der Waals surface area contributed by atoms with Crippen molar-refractivity contribution in [1.29, 1.82) is 0 Å². The summed E-state index contributed by atoms with van der Waals surface area (Å²) in [5.74, 6) is 1.16. The van der Waals surface area contributed by atoms with Gasteiger partial charge in [0.15, 0.2) is 0 Å². The highest BCUT2D eigenvalue weighted by Gasteiger charge is 2.14. The van der Waals surface area contributed by atoms with E-state index in [2.05, 4.69) is 37.4 Å². The van der Waals surface area contributed by atoms with E-state index in [0.29, 0.717) is 6.04 Å². The van der Waals surface area contributed by atoms with Crippen LogP contribution >= 0.6 is 0 Å². The fourth-order valence-corrected chi connectivity index (χ4v) is 2.15. The van der Waals surface area contributed by atoms with Crippen LogP contribution in [0, 0.1) is 0 Å². The van der Waals surface area contributed by atoms with Crippen LogP contribution in [0.5, 0.6) is 5.75 Å². The van der Waals surface area contributed by atoms with Gasteiger partial charge in [-0.25, -0.2) is 0 Å². The third kappa shape index (κ3) is 2.76. The number of nitrogens with one attached hydrogen (secondary N) is 1. The van der Waals surface area contributed by atoms with E-state index < -0.39 is 0 Å². The number of hydrogen-bond acceptors (Lipinski definition) is 2. The molecule has 0 unspecified atom stereocenters. The van der Waals surface area contributed by atoms with E-state index in [0.717, 1.165) is 31.7 Å². The number of hydrogen-bond donors (Lipinski definition) is 1. The summed E-state index contributed by atoms with van der Waals surface area (Å²) in [6.45, 7) is 6.31. The fraction of sp³-hybridized carbons (Fsp3) is 0.571. The van der Waals surface area contributed by atoms with Gasteiger partial charge in [0.1, 0.15) is 5.75 Å². The Balaban J connectivity index is 1.88. The second kappa shape index (κ2) is 5.35. The molecule has 1 N–H and O–H groups in total. The molecule has 0 spiro atoms. The molecular formula is C14H21NO. The lowest BCUT2D eigenvalue weighted by Gasteiger charge is -2.10. The normalized spacial score (nSPS) is 13.9. The monoisotopic (exact) mass is 219 g/mol.